The van der Waals surface area contributed by atoms with E-state index in [9.17, 15) is 4.79 Å². The number of hydrogen-bond acceptors (Lipinski definition) is 6. The standard InChI is InChI=1S/C12H17N3O4/c1-7-6-19-9(5-16)4-15(7)11-10(13)2-8(3-14-11)12(17)18/h2-3,7,9,16H,4-6,13H2,1H3,(H,17,18). The van der Waals surface area contributed by atoms with Crippen LogP contribution in [-0.2, 0) is 4.74 Å². The molecule has 2 atom stereocenters. The molecular formula is C12H17N3O4. The van der Waals surface area contributed by atoms with Gasteiger partial charge in [0.2, 0.25) is 0 Å². The second-order valence-electron chi connectivity index (χ2n) is 4.58. The van der Waals surface area contributed by atoms with Gasteiger partial charge >= 0.3 is 5.97 Å². The molecule has 0 spiro atoms. The van der Waals surface area contributed by atoms with Crippen LogP contribution < -0.4 is 10.6 Å². The number of aliphatic hydroxyl groups excluding tert-OH is 1. The molecule has 7 heteroatoms. The van der Waals surface area contributed by atoms with Gasteiger partial charge in [0.05, 0.1) is 36.6 Å². The fraction of sp³-hybridized carbons (Fsp3) is 0.500. The van der Waals surface area contributed by atoms with Gasteiger partial charge in [-0.05, 0) is 13.0 Å². The van der Waals surface area contributed by atoms with E-state index in [1.165, 1.54) is 12.3 Å². The number of ether oxygens (including phenoxy) is 1. The number of nitrogens with zero attached hydrogens (tertiary/aromatic N) is 2. The van der Waals surface area contributed by atoms with Gasteiger partial charge in [0.1, 0.15) is 0 Å². The minimum absolute atomic E-state index is 0.0564. The smallest absolute Gasteiger partial charge is 0.337 e. The Labute approximate surface area is 110 Å². The van der Waals surface area contributed by atoms with Crippen LogP contribution in [0.5, 0.6) is 0 Å². The SMILES string of the molecule is CC1COC(CO)CN1c1ncc(C(=O)O)cc1N. The number of aliphatic hydroxyl groups is 1. The Morgan fingerprint density at radius 1 is 1.68 bits per heavy atom. The van der Waals surface area contributed by atoms with Crippen molar-refractivity contribution in [3.8, 4) is 0 Å². The van der Waals surface area contributed by atoms with E-state index < -0.39 is 5.97 Å². The quantitative estimate of drug-likeness (QED) is 0.704. The van der Waals surface area contributed by atoms with Gasteiger partial charge in [-0.15, -0.1) is 0 Å². The third-order valence-electron chi connectivity index (χ3n) is 3.12. The maximum Gasteiger partial charge on any atom is 0.337 e. The Balaban J connectivity index is 2.27. The number of carboxylic acid groups (broad SMARTS) is 1. The van der Waals surface area contributed by atoms with Crippen LogP contribution >= 0.6 is 0 Å². The first-order valence-electron chi connectivity index (χ1n) is 6.00. The molecule has 0 amide bonds. The second kappa shape index (κ2) is 5.41. The molecule has 0 aliphatic carbocycles. The third kappa shape index (κ3) is 2.77. The van der Waals surface area contributed by atoms with Crippen LogP contribution in [0.1, 0.15) is 17.3 Å². The van der Waals surface area contributed by atoms with Crippen molar-refractivity contribution in [3.05, 3.63) is 17.8 Å². The Hall–Kier alpha value is -1.86. The van der Waals surface area contributed by atoms with E-state index in [0.717, 1.165) is 0 Å². The summed E-state index contributed by atoms with van der Waals surface area (Å²) in [5.74, 6) is -0.534. The Bertz CT molecular complexity index is 480. The minimum Gasteiger partial charge on any atom is -0.478 e. The molecule has 1 saturated heterocycles. The minimum atomic E-state index is -1.06. The van der Waals surface area contributed by atoms with Crippen LogP contribution in [-0.4, -0.2) is 53.1 Å². The first-order chi connectivity index (χ1) is 9.02. The lowest BCUT2D eigenvalue weighted by Crippen LogP contribution is -2.50. The molecule has 1 aromatic rings. The lowest BCUT2D eigenvalue weighted by atomic mass is 10.1. The zero-order chi connectivity index (χ0) is 14.0. The number of pyridine rings is 1. The molecule has 4 N–H and O–H groups in total. The average Bonchev–Trinajstić information content (AvgIpc) is 2.39. The van der Waals surface area contributed by atoms with E-state index in [1.807, 2.05) is 11.8 Å². The van der Waals surface area contributed by atoms with Crippen molar-refractivity contribution < 1.29 is 19.7 Å². The van der Waals surface area contributed by atoms with Crippen LogP contribution in [0, 0.1) is 0 Å². The zero-order valence-electron chi connectivity index (χ0n) is 10.6. The molecule has 1 aliphatic rings. The van der Waals surface area contributed by atoms with E-state index in [4.69, 9.17) is 20.7 Å². The monoisotopic (exact) mass is 267 g/mol. The molecule has 0 radical (unpaired) electrons. The van der Waals surface area contributed by atoms with Crippen molar-refractivity contribution in [3.63, 3.8) is 0 Å². The molecule has 2 unspecified atom stereocenters. The van der Waals surface area contributed by atoms with E-state index in [1.54, 1.807) is 0 Å². The molecule has 0 aromatic carbocycles. The number of carbonyl (C=O) groups is 1. The maximum atomic E-state index is 10.8. The number of aromatic nitrogens is 1. The number of morpholine rings is 1. The number of anilines is 2. The largest absolute Gasteiger partial charge is 0.478 e. The van der Waals surface area contributed by atoms with Crippen LogP contribution in [0.25, 0.3) is 0 Å². The average molecular weight is 267 g/mol. The van der Waals surface area contributed by atoms with Crippen molar-refractivity contribution in [1.29, 1.82) is 0 Å². The molecule has 1 aliphatic heterocycles. The van der Waals surface area contributed by atoms with Gasteiger partial charge in [-0.3, -0.25) is 0 Å². The summed E-state index contributed by atoms with van der Waals surface area (Å²) in [7, 11) is 0. The van der Waals surface area contributed by atoms with E-state index >= 15 is 0 Å². The van der Waals surface area contributed by atoms with E-state index in [-0.39, 0.29) is 24.3 Å². The Kier molecular flexibility index (Phi) is 3.87. The number of aromatic carboxylic acids is 1. The molecule has 19 heavy (non-hydrogen) atoms. The van der Waals surface area contributed by atoms with Crippen LogP contribution in [0.4, 0.5) is 11.5 Å². The third-order valence-corrected chi connectivity index (χ3v) is 3.12. The summed E-state index contributed by atoms with van der Waals surface area (Å²) in [6, 6.07) is 1.45. The highest BCUT2D eigenvalue weighted by Gasteiger charge is 2.28. The Morgan fingerprint density at radius 3 is 3.00 bits per heavy atom. The highest BCUT2D eigenvalue weighted by atomic mass is 16.5. The van der Waals surface area contributed by atoms with Gasteiger partial charge in [0, 0.05) is 12.7 Å². The molecule has 0 bridgehead atoms. The van der Waals surface area contributed by atoms with Crippen LogP contribution in [0.15, 0.2) is 12.3 Å². The van der Waals surface area contributed by atoms with Crippen molar-refractivity contribution in [2.24, 2.45) is 0 Å². The summed E-state index contributed by atoms with van der Waals surface area (Å²) >= 11 is 0. The number of carboxylic acids is 1. The van der Waals surface area contributed by atoms with Crippen molar-refractivity contribution in [2.45, 2.75) is 19.1 Å². The lowest BCUT2D eigenvalue weighted by Gasteiger charge is -2.38. The van der Waals surface area contributed by atoms with Gasteiger partial charge in [0.15, 0.2) is 5.82 Å². The molecule has 7 nitrogen and oxygen atoms in total. The highest BCUT2D eigenvalue weighted by molar-refractivity contribution is 5.89. The van der Waals surface area contributed by atoms with Gasteiger partial charge in [-0.2, -0.15) is 0 Å². The zero-order valence-corrected chi connectivity index (χ0v) is 10.6. The first-order valence-corrected chi connectivity index (χ1v) is 6.00. The summed E-state index contributed by atoms with van der Waals surface area (Å²) in [5.41, 5.74) is 6.24. The van der Waals surface area contributed by atoms with E-state index in [2.05, 4.69) is 4.98 Å². The Morgan fingerprint density at radius 2 is 2.42 bits per heavy atom. The van der Waals surface area contributed by atoms with Crippen LogP contribution in [0.2, 0.25) is 0 Å². The molecule has 2 heterocycles. The number of hydrogen-bond donors (Lipinski definition) is 3. The summed E-state index contributed by atoms with van der Waals surface area (Å²) in [4.78, 5) is 16.9. The summed E-state index contributed by atoms with van der Waals surface area (Å²) in [5, 5.41) is 18.0. The van der Waals surface area contributed by atoms with Crippen LogP contribution in [0.3, 0.4) is 0 Å². The number of rotatable bonds is 3. The van der Waals surface area contributed by atoms with Crippen molar-refractivity contribution in [2.75, 3.05) is 30.4 Å². The summed E-state index contributed by atoms with van der Waals surface area (Å²) < 4.78 is 5.44. The molecular weight excluding hydrogens is 250 g/mol. The summed E-state index contributed by atoms with van der Waals surface area (Å²) in [6.45, 7) is 2.82. The topological polar surface area (TPSA) is 109 Å². The van der Waals surface area contributed by atoms with Gasteiger partial charge in [-0.25, -0.2) is 9.78 Å². The maximum absolute atomic E-state index is 10.8. The van der Waals surface area contributed by atoms with Gasteiger partial charge < -0.3 is 25.6 Å². The molecule has 1 fully saturated rings. The molecule has 1 aromatic heterocycles. The van der Waals surface area contributed by atoms with Gasteiger partial charge in [0.25, 0.3) is 0 Å². The predicted octanol–water partition coefficient (Wildman–Crippen LogP) is -0.0520. The molecule has 104 valence electrons. The lowest BCUT2D eigenvalue weighted by molar-refractivity contribution is -0.0105. The van der Waals surface area contributed by atoms with E-state index in [0.29, 0.717) is 24.7 Å². The fourth-order valence-electron chi connectivity index (χ4n) is 2.05. The van der Waals surface area contributed by atoms with Gasteiger partial charge in [-0.1, -0.05) is 0 Å². The van der Waals surface area contributed by atoms with Crippen molar-refractivity contribution in [1.82, 2.24) is 4.98 Å². The predicted molar refractivity (Wildman–Crippen MR) is 69.2 cm³/mol. The number of nitrogens with two attached hydrogens (primary N) is 1. The first kappa shape index (κ1) is 13.6. The molecule has 2 rings (SSSR count). The highest BCUT2D eigenvalue weighted by Crippen LogP contribution is 2.26. The molecule has 0 saturated carbocycles. The van der Waals surface area contributed by atoms with Crippen molar-refractivity contribution >= 4 is 17.5 Å². The second-order valence-corrected chi connectivity index (χ2v) is 4.58. The summed E-state index contributed by atoms with van der Waals surface area (Å²) in [6.07, 6.45) is 1.00. The fourth-order valence-corrected chi connectivity index (χ4v) is 2.05. The normalized spacial score (nSPS) is 23.4. The number of nitrogen functional groups attached to an aromatic ring is 1.